The van der Waals surface area contributed by atoms with Gasteiger partial charge in [0, 0.05) is 11.1 Å². The number of esters is 3. The summed E-state index contributed by atoms with van der Waals surface area (Å²) in [4.78, 5) is 55.2. The number of carbonyl (C=O) groups excluding carboxylic acids is 4. The summed E-state index contributed by atoms with van der Waals surface area (Å²) in [5, 5.41) is 10.3. The van der Waals surface area contributed by atoms with E-state index in [2.05, 4.69) is 19.4 Å². The number of aliphatic hydroxyl groups is 1. The average Bonchev–Trinajstić information content (AvgIpc) is 3.14. The van der Waals surface area contributed by atoms with Crippen LogP contribution >= 0.6 is 0 Å². The van der Waals surface area contributed by atoms with Gasteiger partial charge in [0.1, 0.15) is 23.2 Å². The maximum Gasteiger partial charge on any atom is 0.356 e. The Kier molecular flexibility index (Phi) is 4.50. The summed E-state index contributed by atoms with van der Waals surface area (Å²) in [5.41, 5.74) is -0.600. The summed E-state index contributed by atoms with van der Waals surface area (Å²) < 4.78 is 13.9. The van der Waals surface area contributed by atoms with Crippen molar-refractivity contribution >= 4 is 23.7 Å². The number of aliphatic hydroxyl groups excluding tert-OH is 1. The van der Waals surface area contributed by atoms with E-state index in [1.807, 2.05) is 0 Å². The second kappa shape index (κ2) is 6.65. The highest BCUT2D eigenvalue weighted by atomic mass is 16.5. The topological polar surface area (TPSA) is 145 Å². The summed E-state index contributed by atoms with van der Waals surface area (Å²) in [5.74, 6) is -3.30. The number of aromatic nitrogens is 2. The molecule has 1 aliphatic carbocycles. The Bertz CT molecular complexity index is 974. The molecular formula is C17H14N2O8. The van der Waals surface area contributed by atoms with E-state index in [-0.39, 0.29) is 39.5 Å². The van der Waals surface area contributed by atoms with Gasteiger partial charge in [-0.1, -0.05) is 0 Å². The number of rotatable bonds is 3. The molecule has 10 heteroatoms. The maximum atomic E-state index is 12.6. The Balaban J connectivity index is 2.35. The number of pyridine rings is 1. The zero-order valence-corrected chi connectivity index (χ0v) is 14.5. The molecule has 0 saturated heterocycles. The third-order valence-electron chi connectivity index (χ3n) is 4.10. The summed E-state index contributed by atoms with van der Waals surface area (Å²) >= 11 is 0. The van der Waals surface area contributed by atoms with Gasteiger partial charge in [-0.3, -0.25) is 4.79 Å². The summed E-state index contributed by atoms with van der Waals surface area (Å²) in [6, 6.07) is 2.37. The predicted octanol–water partition coefficient (Wildman–Crippen LogP) is 0.666. The lowest BCUT2D eigenvalue weighted by molar-refractivity contribution is 0.0581. The minimum atomic E-state index is -1.65. The highest BCUT2D eigenvalue weighted by Gasteiger charge is 2.38. The van der Waals surface area contributed by atoms with Crippen LogP contribution in [-0.4, -0.2) is 60.1 Å². The molecule has 2 aromatic heterocycles. The molecule has 3 rings (SSSR count). The average molecular weight is 374 g/mol. The molecule has 2 heterocycles. The molecule has 10 nitrogen and oxygen atoms in total. The van der Waals surface area contributed by atoms with Crippen LogP contribution < -0.4 is 0 Å². The first-order valence-electron chi connectivity index (χ1n) is 7.59. The Morgan fingerprint density at radius 2 is 1.67 bits per heavy atom. The van der Waals surface area contributed by atoms with Gasteiger partial charge in [-0.15, -0.1) is 0 Å². The van der Waals surface area contributed by atoms with Crippen molar-refractivity contribution in [3.8, 4) is 11.3 Å². The SMILES string of the molecule is COC(=O)c1cc(C(=O)OC)c2c(n1)C(=O)C(O)c1cc(C(=O)OC)[nH]c1-2. The number of fused-ring (bicyclic) bond motifs is 3. The quantitative estimate of drug-likeness (QED) is 0.584. The lowest BCUT2D eigenvalue weighted by Gasteiger charge is -2.21. The maximum absolute atomic E-state index is 12.6. The van der Waals surface area contributed by atoms with Gasteiger partial charge in [0.25, 0.3) is 0 Å². The molecule has 1 unspecified atom stereocenters. The molecule has 0 aliphatic heterocycles. The smallest absolute Gasteiger partial charge is 0.356 e. The van der Waals surface area contributed by atoms with E-state index in [1.165, 1.54) is 13.2 Å². The number of nitrogens with one attached hydrogen (secondary N) is 1. The number of ketones is 1. The second-order valence-corrected chi connectivity index (χ2v) is 5.53. The third kappa shape index (κ3) is 2.75. The number of ether oxygens (including phenoxy) is 3. The zero-order chi connectivity index (χ0) is 19.9. The van der Waals surface area contributed by atoms with Crippen molar-refractivity contribution in [3.63, 3.8) is 0 Å². The highest BCUT2D eigenvalue weighted by Crippen LogP contribution is 2.40. The van der Waals surface area contributed by atoms with Crippen molar-refractivity contribution in [2.75, 3.05) is 21.3 Å². The molecule has 2 aromatic rings. The van der Waals surface area contributed by atoms with Crippen LogP contribution in [0, 0.1) is 0 Å². The number of hydrogen-bond donors (Lipinski definition) is 2. The summed E-state index contributed by atoms with van der Waals surface area (Å²) in [7, 11) is 3.41. The van der Waals surface area contributed by atoms with Gasteiger partial charge in [-0.25, -0.2) is 19.4 Å². The minimum Gasteiger partial charge on any atom is -0.465 e. The first-order chi connectivity index (χ1) is 12.8. The standard InChI is InChI=1S/C17H14N2O8/c1-25-15(22)6-4-8(16(23)26-2)19-12-10(6)11-7(13(20)14(12)21)5-9(18-11)17(24)27-3/h4-5,13,18,20H,1-3H3. The first-order valence-corrected chi connectivity index (χ1v) is 7.59. The molecule has 0 amide bonds. The van der Waals surface area contributed by atoms with Gasteiger partial charge in [-0.2, -0.15) is 0 Å². The fourth-order valence-corrected chi connectivity index (χ4v) is 2.84. The molecule has 2 N–H and O–H groups in total. The molecule has 0 radical (unpaired) electrons. The van der Waals surface area contributed by atoms with Crippen molar-refractivity contribution in [1.29, 1.82) is 0 Å². The summed E-state index contributed by atoms with van der Waals surface area (Å²) in [6.07, 6.45) is -1.65. The molecule has 0 spiro atoms. The van der Waals surface area contributed by atoms with Crippen LogP contribution in [0.15, 0.2) is 12.1 Å². The second-order valence-electron chi connectivity index (χ2n) is 5.53. The largest absolute Gasteiger partial charge is 0.465 e. The predicted molar refractivity (Wildman–Crippen MR) is 87.3 cm³/mol. The van der Waals surface area contributed by atoms with Crippen LogP contribution in [0.3, 0.4) is 0 Å². The van der Waals surface area contributed by atoms with E-state index in [0.717, 1.165) is 20.3 Å². The fraction of sp³-hybridized carbons (Fsp3) is 0.235. The highest BCUT2D eigenvalue weighted by molar-refractivity contribution is 6.13. The van der Waals surface area contributed by atoms with Gasteiger partial charge in [0.15, 0.2) is 0 Å². The van der Waals surface area contributed by atoms with E-state index < -0.39 is 29.8 Å². The van der Waals surface area contributed by atoms with Gasteiger partial charge in [0.2, 0.25) is 5.78 Å². The molecule has 0 fully saturated rings. The Hall–Kier alpha value is -3.53. The molecule has 0 bridgehead atoms. The van der Waals surface area contributed by atoms with Crippen LogP contribution in [0.25, 0.3) is 11.3 Å². The van der Waals surface area contributed by atoms with Crippen LogP contribution in [0.4, 0.5) is 0 Å². The molecule has 0 aromatic carbocycles. The monoisotopic (exact) mass is 374 g/mol. The molecule has 140 valence electrons. The van der Waals surface area contributed by atoms with Crippen LogP contribution in [0.5, 0.6) is 0 Å². The lowest BCUT2D eigenvalue weighted by Crippen LogP contribution is -2.24. The minimum absolute atomic E-state index is 0.00922. The Labute approximate surface area is 152 Å². The number of Topliss-reactive ketones (excluding diaryl/α,β-unsaturated/α-hetero) is 1. The molecular weight excluding hydrogens is 360 g/mol. The van der Waals surface area contributed by atoms with Gasteiger partial charge in [-0.05, 0) is 12.1 Å². The van der Waals surface area contributed by atoms with Gasteiger partial charge in [0.05, 0.1) is 32.6 Å². The van der Waals surface area contributed by atoms with Crippen molar-refractivity contribution in [2.24, 2.45) is 0 Å². The normalized spacial score (nSPS) is 14.8. The van der Waals surface area contributed by atoms with E-state index in [9.17, 15) is 24.3 Å². The van der Waals surface area contributed by atoms with E-state index in [1.54, 1.807) is 0 Å². The first kappa shape index (κ1) is 18.3. The summed E-state index contributed by atoms with van der Waals surface area (Å²) in [6.45, 7) is 0. The van der Waals surface area contributed by atoms with Crippen molar-refractivity contribution in [3.05, 3.63) is 40.3 Å². The zero-order valence-electron chi connectivity index (χ0n) is 14.5. The molecule has 0 saturated carbocycles. The van der Waals surface area contributed by atoms with Crippen molar-refractivity contribution in [1.82, 2.24) is 9.97 Å². The third-order valence-corrected chi connectivity index (χ3v) is 4.10. The number of nitrogens with zero attached hydrogens (tertiary/aromatic N) is 1. The number of carbonyl (C=O) groups is 4. The van der Waals surface area contributed by atoms with E-state index in [4.69, 9.17) is 4.74 Å². The number of aromatic amines is 1. The van der Waals surface area contributed by atoms with Crippen LogP contribution in [0.1, 0.15) is 53.5 Å². The van der Waals surface area contributed by atoms with E-state index >= 15 is 0 Å². The van der Waals surface area contributed by atoms with Crippen LogP contribution in [0.2, 0.25) is 0 Å². The van der Waals surface area contributed by atoms with Crippen molar-refractivity contribution in [2.45, 2.75) is 6.10 Å². The van der Waals surface area contributed by atoms with Gasteiger partial charge < -0.3 is 24.3 Å². The Morgan fingerprint density at radius 3 is 2.26 bits per heavy atom. The fourth-order valence-electron chi connectivity index (χ4n) is 2.84. The van der Waals surface area contributed by atoms with Crippen molar-refractivity contribution < 1.29 is 38.5 Å². The Morgan fingerprint density at radius 1 is 1.04 bits per heavy atom. The number of methoxy groups -OCH3 is 3. The number of hydrogen-bond acceptors (Lipinski definition) is 9. The molecule has 1 atom stereocenters. The molecule has 1 aliphatic rings. The lowest BCUT2D eigenvalue weighted by atomic mass is 9.87. The van der Waals surface area contributed by atoms with E-state index in [0.29, 0.717) is 0 Å². The van der Waals surface area contributed by atoms with Gasteiger partial charge >= 0.3 is 17.9 Å². The molecule has 27 heavy (non-hydrogen) atoms. The number of H-pyrrole nitrogens is 1. The van der Waals surface area contributed by atoms with Crippen LogP contribution in [-0.2, 0) is 14.2 Å².